The van der Waals surface area contributed by atoms with Crippen LogP contribution in [0, 0.1) is 5.92 Å². The van der Waals surface area contributed by atoms with E-state index in [-0.39, 0.29) is 24.4 Å². The van der Waals surface area contributed by atoms with E-state index in [1.165, 1.54) is 26.9 Å². The quantitative estimate of drug-likeness (QED) is 0.380. The van der Waals surface area contributed by atoms with Crippen molar-refractivity contribution in [2.45, 2.75) is 57.9 Å². The molecule has 2 aromatic heterocycles. The van der Waals surface area contributed by atoms with E-state index in [4.69, 9.17) is 10.8 Å². The highest BCUT2D eigenvalue weighted by atomic mass is 16.4. The van der Waals surface area contributed by atoms with Crippen molar-refractivity contribution in [1.82, 2.24) is 14.9 Å². The fourth-order valence-electron chi connectivity index (χ4n) is 4.94. The van der Waals surface area contributed by atoms with E-state index < -0.39 is 5.97 Å². The number of hydrogen-bond acceptors (Lipinski definition) is 5. The van der Waals surface area contributed by atoms with E-state index in [9.17, 15) is 9.59 Å². The van der Waals surface area contributed by atoms with Crippen LogP contribution in [0.15, 0.2) is 42.6 Å². The van der Waals surface area contributed by atoms with Crippen molar-refractivity contribution < 1.29 is 14.7 Å². The number of carboxylic acid groups (broad SMARTS) is 1. The van der Waals surface area contributed by atoms with Crippen LogP contribution in [0.25, 0.3) is 10.9 Å². The van der Waals surface area contributed by atoms with Crippen LogP contribution in [0.4, 0.5) is 5.82 Å². The van der Waals surface area contributed by atoms with Gasteiger partial charge >= 0.3 is 5.97 Å². The number of anilines is 1. The van der Waals surface area contributed by atoms with Crippen molar-refractivity contribution in [3.63, 3.8) is 0 Å². The maximum absolute atomic E-state index is 12.1. The van der Waals surface area contributed by atoms with Crippen LogP contribution in [0.3, 0.4) is 0 Å². The van der Waals surface area contributed by atoms with Crippen molar-refractivity contribution in [2.24, 2.45) is 11.7 Å². The number of nitrogens with zero attached hydrogens (tertiary/aromatic N) is 2. The molecular weight excluding hydrogens is 454 g/mol. The molecule has 5 rings (SSSR count). The van der Waals surface area contributed by atoms with Crippen LogP contribution in [0.1, 0.15) is 49.4 Å². The van der Waals surface area contributed by atoms with Crippen LogP contribution in [-0.4, -0.2) is 57.5 Å². The standard InChI is InChI=1S/C16H21N3O3.C12H16N2/c20-14(21)10-19-9-7-12(16(19)22)4-6-13-5-3-11-2-1-8-17-15(11)18-13;1-9(13)6-7-10-8-14-12-5-3-2-4-11(10)12/h3,5,12H,1-2,4,6-10H2,(H,17,18)(H,20,21);2-5,8-9,14H,6-7,13H2,1H3/t12-;9-/m10/s1. The lowest BCUT2D eigenvalue weighted by Gasteiger charge is -2.18. The largest absolute Gasteiger partial charge is 0.480 e. The Morgan fingerprint density at radius 3 is 2.89 bits per heavy atom. The molecule has 1 fully saturated rings. The van der Waals surface area contributed by atoms with E-state index in [0.717, 1.165) is 63.0 Å². The number of carbonyl (C=O) groups excluding carboxylic acids is 1. The lowest BCUT2D eigenvalue weighted by atomic mass is 9.99. The molecule has 0 unspecified atom stereocenters. The molecular formula is C28H37N5O3. The molecule has 0 radical (unpaired) electrons. The third kappa shape index (κ3) is 6.63. The van der Waals surface area contributed by atoms with Crippen LogP contribution < -0.4 is 11.1 Å². The van der Waals surface area contributed by atoms with E-state index >= 15 is 0 Å². The number of carbonyl (C=O) groups is 2. The zero-order valence-electron chi connectivity index (χ0n) is 21.0. The Bertz CT molecular complexity index is 1190. The van der Waals surface area contributed by atoms with Crippen molar-refractivity contribution in [1.29, 1.82) is 0 Å². The first-order valence-electron chi connectivity index (χ1n) is 12.9. The molecule has 0 bridgehead atoms. The molecule has 36 heavy (non-hydrogen) atoms. The molecule has 1 saturated heterocycles. The maximum Gasteiger partial charge on any atom is 0.323 e. The molecule has 5 N–H and O–H groups in total. The van der Waals surface area contributed by atoms with Gasteiger partial charge in [0, 0.05) is 47.8 Å². The summed E-state index contributed by atoms with van der Waals surface area (Å²) in [7, 11) is 0. The second kappa shape index (κ2) is 12.0. The second-order valence-corrected chi connectivity index (χ2v) is 9.89. The summed E-state index contributed by atoms with van der Waals surface area (Å²) in [5, 5.41) is 13.4. The summed E-state index contributed by atoms with van der Waals surface area (Å²) < 4.78 is 0. The third-order valence-corrected chi connectivity index (χ3v) is 6.98. The molecule has 1 aromatic carbocycles. The van der Waals surface area contributed by atoms with E-state index in [0.29, 0.717) is 6.54 Å². The first-order valence-corrected chi connectivity index (χ1v) is 12.9. The van der Waals surface area contributed by atoms with Crippen molar-refractivity contribution in [3.05, 3.63) is 59.4 Å². The number of amides is 1. The van der Waals surface area contributed by atoms with Crippen molar-refractivity contribution in [3.8, 4) is 0 Å². The number of aryl methyl sites for hydroxylation is 3. The number of likely N-dealkylation sites (tertiary alicyclic amines) is 1. The Morgan fingerprint density at radius 2 is 2.08 bits per heavy atom. The number of para-hydroxylation sites is 1. The maximum atomic E-state index is 12.1. The molecule has 8 nitrogen and oxygen atoms in total. The Hall–Kier alpha value is -3.39. The minimum Gasteiger partial charge on any atom is -0.480 e. The minimum absolute atomic E-state index is 0.0292. The van der Waals surface area contributed by atoms with Gasteiger partial charge in [-0.15, -0.1) is 0 Å². The van der Waals surface area contributed by atoms with E-state index in [1.54, 1.807) is 0 Å². The number of pyridine rings is 1. The van der Waals surface area contributed by atoms with Crippen molar-refractivity contribution >= 4 is 28.6 Å². The smallest absolute Gasteiger partial charge is 0.323 e. The van der Waals surface area contributed by atoms with E-state index in [2.05, 4.69) is 52.7 Å². The van der Waals surface area contributed by atoms with Gasteiger partial charge in [-0.2, -0.15) is 0 Å². The number of aliphatic carboxylic acids is 1. The van der Waals surface area contributed by atoms with Gasteiger partial charge in [-0.05, 0) is 75.1 Å². The van der Waals surface area contributed by atoms with Crippen LogP contribution in [0.5, 0.6) is 0 Å². The third-order valence-electron chi connectivity index (χ3n) is 6.98. The van der Waals surface area contributed by atoms with Gasteiger partial charge < -0.3 is 26.0 Å². The predicted molar refractivity (Wildman–Crippen MR) is 142 cm³/mol. The molecule has 0 spiro atoms. The molecule has 8 heteroatoms. The number of fused-ring (bicyclic) bond motifs is 2. The summed E-state index contributed by atoms with van der Waals surface area (Å²) in [4.78, 5) is 32.2. The number of benzene rings is 1. The Morgan fingerprint density at radius 1 is 1.25 bits per heavy atom. The molecule has 0 aliphatic carbocycles. The van der Waals surface area contributed by atoms with Crippen molar-refractivity contribution in [2.75, 3.05) is 25.0 Å². The first kappa shape index (κ1) is 25.7. The summed E-state index contributed by atoms with van der Waals surface area (Å²) in [5.74, 6) is -0.0611. The molecule has 2 aliphatic heterocycles. The highest BCUT2D eigenvalue weighted by Gasteiger charge is 2.32. The fraction of sp³-hybridized carbons (Fsp3) is 0.464. The monoisotopic (exact) mass is 491 g/mol. The normalized spacial score (nSPS) is 17.8. The Labute approximate surface area is 212 Å². The summed E-state index contributed by atoms with van der Waals surface area (Å²) in [5.41, 5.74) is 10.6. The Kier molecular flexibility index (Phi) is 8.59. The number of hydrogen-bond donors (Lipinski definition) is 4. The molecule has 1 amide bonds. The van der Waals surface area contributed by atoms with Crippen LogP contribution in [0.2, 0.25) is 0 Å². The molecule has 4 heterocycles. The molecule has 3 aromatic rings. The number of rotatable bonds is 8. The average molecular weight is 492 g/mol. The topological polar surface area (TPSA) is 124 Å². The minimum atomic E-state index is -0.948. The van der Waals surface area contributed by atoms with E-state index in [1.807, 2.05) is 12.1 Å². The zero-order chi connectivity index (χ0) is 25.5. The highest BCUT2D eigenvalue weighted by Crippen LogP contribution is 2.25. The fourth-order valence-corrected chi connectivity index (χ4v) is 4.94. The summed E-state index contributed by atoms with van der Waals surface area (Å²) in [6.45, 7) is 3.38. The number of H-pyrrole nitrogens is 1. The highest BCUT2D eigenvalue weighted by molar-refractivity contribution is 5.85. The SMILES string of the molecule is C[C@H](N)CCc1c[nH]c2ccccc12.O=C(O)CN1CC[C@@H](CCc2ccc3c(n2)NCCC3)C1=O. The molecule has 0 saturated carbocycles. The second-order valence-electron chi connectivity index (χ2n) is 9.89. The van der Waals surface area contributed by atoms with Gasteiger partial charge in [0.05, 0.1) is 0 Å². The van der Waals surface area contributed by atoms with Crippen LogP contribution >= 0.6 is 0 Å². The van der Waals surface area contributed by atoms with Gasteiger partial charge in [-0.1, -0.05) is 24.3 Å². The van der Waals surface area contributed by atoms with Gasteiger partial charge in [0.15, 0.2) is 0 Å². The summed E-state index contributed by atoms with van der Waals surface area (Å²) in [6, 6.07) is 12.8. The molecule has 2 atom stereocenters. The number of aromatic nitrogens is 2. The van der Waals surface area contributed by atoms with Gasteiger partial charge in [-0.25, -0.2) is 4.98 Å². The zero-order valence-corrected chi connectivity index (χ0v) is 21.0. The Balaban J connectivity index is 0.000000187. The number of aromatic amines is 1. The number of carboxylic acids is 1. The van der Waals surface area contributed by atoms with Gasteiger partial charge in [0.25, 0.3) is 0 Å². The predicted octanol–water partition coefficient (Wildman–Crippen LogP) is 3.75. The lowest BCUT2D eigenvalue weighted by molar-refractivity contribution is -0.143. The lowest BCUT2D eigenvalue weighted by Crippen LogP contribution is -2.32. The first-order chi connectivity index (χ1) is 17.4. The molecule has 2 aliphatic rings. The molecule has 192 valence electrons. The number of nitrogens with one attached hydrogen (secondary N) is 2. The van der Waals surface area contributed by atoms with Gasteiger partial charge in [0.2, 0.25) is 5.91 Å². The summed E-state index contributed by atoms with van der Waals surface area (Å²) in [6.07, 6.45) is 8.64. The summed E-state index contributed by atoms with van der Waals surface area (Å²) >= 11 is 0. The van der Waals surface area contributed by atoms with Gasteiger partial charge in [-0.3, -0.25) is 9.59 Å². The number of nitrogens with two attached hydrogens (primary N) is 1. The van der Waals surface area contributed by atoms with Gasteiger partial charge in [0.1, 0.15) is 12.4 Å². The average Bonchev–Trinajstić information content (AvgIpc) is 3.44. The van der Waals surface area contributed by atoms with Crippen LogP contribution in [-0.2, 0) is 28.9 Å².